The molecule has 13 heteroatoms. The maximum atomic E-state index is 14.3. The van der Waals surface area contributed by atoms with Gasteiger partial charge in [0.2, 0.25) is 11.8 Å². The fraction of sp³-hybridized carbons (Fsp3) is 0.333. The molecular formula is C36H32BrCl2N5O5. The fourth-order valence-corrected chi connectivity index (χ4v) is 9.27. The third kappa shape index (κ3) is 4.95. The first-order chi connectivity index (χ1) is 23.3. The van der Waals surface area contributed by atoms with E-state index in [1.807, 2.05) is 49.3 Å². The minimum absolute atomic E-state index is 0.0591. The number of anilines is 2. The molecule has 4 amide bonds. The van der Waals surface area contributed by atoms with Gasteiger partial charge in [0.1, 0.15) is 5.75 Å². The number of allylic oxidation sites excluding steroid dienone is 2. The Morgan fingerprint density at radius 2 is 1.53 bits per heavy atom. The van der Waals surface area contributed by atoms with Gasteiger partial charge in [-0.25, -0.2) is 0 Å². The second-order valence-electron chi connectivity index (χ2n) is 13.2. The lowest BCUT2D eigenvalue weighted by Gasteiger charge is -2.50. The van der Waals surface area contributed by atoms with Crippen LogP contribution in [-0.2, 0) is 19.2 Å². The number of phenolic OH excluding ortho intramolecular Hbond substituents is 1. The molecule has 1 saturated carbocycles. The molecule has 49 heavy (non-hydrogen) atoms. The predicted octanol–water partition coefficient (Wildman–Crippen LogP) is 7.10. The Hall–Kier alpha value is -4.06. The number of nitrogens with zero attached hydrogens (tertiary/aromatic N) is 5. The molecule has 3 fully saturated rings. The molecule has 2 aliphatic heterocycles. The summed E-state index contributed by atoms with van der Waals surface area (Å²) in [6.07, 6.45) is 2.03. The number of phenols is 1. The Morgan fingerprint density at radius 1 is 0.898 bits per heavy atom. The molecule has 0 unspecified atom stereocenters. The van der Waals surface area contributed by atoms with E-state index in [9.17, 15) is 24.3 Å². The Labute approximate surface area is 301 Å². The number of hydrogen-bond donors (Lipinski definition) is 1. The maximum absolute atomic E-state index is 14.3. The average molecular weight is 765 g/mol. The van der Waals surface area contributed by atoms with Crippen LogP contribution in [0.5, 0.6) is 5.75 Å². The number of fused-ring (bicyclic) bond motifs is 4. The number of hydrogen-bond acceptors (Lipinski definition) is 8. The normalized spacial score (nSPS) is 29.3. The molecule has 4 aliphatic rings. The summed E-state index contributed by atoms with van der Waals surface area (Å²) in [5, 5.41) is 18.9. The number of aromatic hydroxyl groups is 1. The summed E-state index contributed by atoms with van der Waals surface area (Å²) in [5.41, 5.74) is 4.37. The number of alkyl halides is 3. The molecule has 1 N–H and O–H groups in total. The van der Waals surface area contributed by atoms with E-state index in [-0.39, 0.29) is 30.0 Å². The van der Waals surface area contributed by atoms with Gasteiger partial charge >= 0.3 is 0 Å². The molecule has 7 rings (SSSR count). The van der Waals surface area contributed by atoms with Gasteiger partial charge in [-0.3, -0.25) is 29.0 Å². The summed E-state index contributed by atoms with van der Waals surface area (Å²) < 4.78 is 0. The van der Waals surface area contributed by atoms with Gasteiger partial charge in [0, 0.05) is 25.7 Å². The second-order valence-corrected chi connectivity index (χ2v) is 14.9. The number of halogens is 3. The average Bonchev–Trinajstić information content (AvgIpc) is 3.42. The van der Waals surface area contributed by atoms with Crippen molar-refractivity contribution in [3.05, 3.63) is 89.5 Å². The topological polar surface area (TPSA) is 123 Å². The maximum Gasteiger partial charge on any atom is 0.254 e. The van der Waals surface area contributed by atoms with Gasteiger partial charge in [0.25, 0.3) is 11.8 Å². The van der Waals surface area contributed by atoms with Crippen molar-refractivity contribution in [1.82, 2.24) is 4.90 Å². The SMILES string of the molecule is Cc1cc([C@H]2C3=CC[C@@H]4C(=O)N(c5ccc(N=Nc6ccc(N(C)C)cc6)cc5)C(=O)[C@@H]4[C@@H]3C[C@@]3(Cl)C(=O)N(CBr)C(=O)[C@@]23Cl)ccc1O. The van der Waals surface area contributed by atoms with Crippen molar-refractivity contribution in [2.75, 3.05) is 29.3 Å². The smallest absolute Gasteiger partial charge is 0.254 e. The minimum atomic E-state index is -1.90. The first-order valence-corrected chi connectivity index (χ1v) is 17.7. The van der Waals surface area contributed by atoms with Gasteiger partial charge in [0.15, 0.2) is 9.75 Å². The van der Waals surface area contributed by atoms with Crippen LogP contribution in [0.25, 0.3) is 0 Å². The molecule has 10 nitrogen and oxygen atoms in total. The van der Waals surface area contributed by atoms with Crippen molar-refractivity contribution < 1.29 is 24.3 Å². The van der Waals surface area contributed by atoms with Gasteiger partial charge in [0.05, 0.1) is 34.4 Å². The van der Waals surface area contributed by atoms with Crippen molar-refractivity contribution in [2.24, 2.45) is 28.0 Å². The lowest BCUT2D eigenvalue weighted by Crippen LogP contribution is -2.60. The van der Waals surface area contributed by atoms with Gasteiger partial charge in [-0.05, 0) is 91.4 Å². The summed E-state index contributed by atoms with van der Waals surface area (Å²) in [7, 11) is 3.91. The van der Waals surface area contributed by atoms with Crippen molar-refractivity contribution >= 4 is 85.5 Å². The molecular weight excluding hydrogens is 733 g/mol. The highest BCUT2D eigenvalue weighted by Gasteiger charge is 2.76. The summed E-state index contributed by atoms with van der Waals surface area (Å²) in [6, 6.07) is 19.2. The zero-order chi connectivity index (χ0) is 35.0. The van der Waals surface area contributed by atoms with Crippen LogP contribution < -0.4 is 9.80 Å². The summed E-state index contributed by atoms with van der Waals surface area (Å²) in [6.45, 7) is 1.72. The lowest BCUT2D eigenvalue weighted by molar-refractivity contribution is -0.138. The van der Waals surface area contributed by atoms with Crippen molar-refractivity contribution in [3.8, 4) is 5.75 Å². The third-order valence-corrected chi connectivity index (χ3v) is 12.2. The Kier molecular flexibility index (Phi) is 8.23. The molecule has 3 aromatic carbocycles. The van der Waals surface area contributed by atoms with Crippen LogP contribution >= 0.6 is 39.1 Å². The van der Waals surface area contributed by atoms with Gasteiger partial charge in [-0.2, -0.15) is 10.2 Å². The molecule has 252 valence electrons. The Morgan fingerprint density at radius 3 is 2.12 bits per heavy atom. The first kappa shape index (κ1) is 33.4. The lowest BCUT2D eigenvalue weighted by atomic mass is 9.56. The number of imide groups is 2. The van der Waals surface area contributed by atoms with Crippen LogP contribution in [0.1, 0.15) is 29.9 Å². The monoisotopic (exact) mass is 763 g/mol. The van der Waals surface area contributed by atoms with Crippen LogP contribution in [0, 0.1) is 24.7 Å². The number of carbonyl (C=O) groups is 4. The highest BCUT2D eigenvalue weighted by Crippen LogP contribution is 2.65. The predicted molar refractivity (Wildman–Crippen MR) is 190 cm³/mol. The number of amides is 4. The van der Waals surface area contributed by atoms with E-state index in [2.05, 4.69) is 26.2 Å². The zero-order valence-electron chi connectivity index (χ0n) is 26.8. The van der Waals surface area contributed by atoms with E-state index < -0.39 is 51.1 Å². The summed E-state index contributed by atoms with van der Waals surface area (Å²) in [4.78, 5) is 56.4. The van der Waals surface area contributed by atoms with Gasteiger partial charge in [-0.15, -0.1) is 23.2 Å². The van der Waals surface area contributed by atoms with E-state index >= 15 is 0 Å². The summed E-state index contributed by atoms with van der Waals surface area (Å²) in [5.74, 6) is -5.04. The quantitative estimate of drug-likeness (QED) is 0.0940. The third-order valence-electron chi connectivity index (χ3n) is 10.3. The van der Waals surface area contributed by atoms with Crippen molar-refractivity contribution in [3.63, 3.8) is 0 Å². The number of benzene rings is 3. The van der Waals surface area contributed by atoms with E-state index in [4.69, 9.17) is 23.2 Å². The Bertz CT molecular complexity index is 1970. The highest BCUT2D eigenvalue weighted by molar-refractivity contribution is 9.09. The number of likely N-dealkylation sites (tertiary alicyclic amines) is 1. The van der Waals surface area contributed by atoms with E-state index in [1.165, 1.54) is 11.0 Å². The summed E-state index contributed by atoms with van der Waals surface area (Å²) >= 11 is 17.8. The standard InChI is InChI=1S/C36H32BrCl2N5O5/c1-19-16-20(4-15-28(19)45)30-25-13-14-26-29(27(25)17-35(38)33(48)43(18-37)34(49)36(30,35)39)32(47)44(31(26)46)24-11-7-22(8-12-24)41-40-21-5-9-23(10-6-21)42(2)3/h4-13,15-16,26-27,29-30,45H,14,17-18H2,1-3H3/t26-,27+,29-,30-,35+,36-/m0/s1. The number of rotatable bonds is 6. The number of carbonyl (C=O) groups excluding carboxylic acids is 4. The molecule has 0 aromatic heterocycles. The fourth-order valence-electron chi connectivity index (χ4n) is 7.84. The number of aryl methyl sites for hydroxylation is 1. The van der Waals surface area contributed by atoms with Gasteiger partial charge in [-0.1, -0.05) is 39.7 Å². The van der Waals surface area contributed by atoms with E-state index in [0.717, 1.165) is 10.6 Å². The zero-order valence-corrected chi connectivity index (χ0v) is 29.9. The second kappa shape index (κ2) is 12.1. The van der Waals surface area contributed by atoms with Crippen LogP contribution in [-0.4, -0.2) is 62.9 Å². The molecule has 2 saturated heterocycles. The van der Waals surface area contributed by atoms with Crippen LogP contribution in [0.4, 0.5) is 22.7 Å². The molecule has 2 aliphatic carbocycles. The molecule has 0 bridgehead atoms. The molecule has 0 radical (unpaired) electrons. The van der Waals surface area contributed by atoms with Gasteiger partial charge < -0.3 is 10.0 Å². The van der Waals surface area contributed by atoms with Crippen molar-refractivity contribution in [2.45, 2.75) is 35.4 Å². The van der Waals surface area contributed by atoms with E-state index in [1.54, 1.807) is 43.3 Å². The molecule has 2 heterocycles. The molecule has 0 spiro atoms. The number of azo groups is 1. The Balaban J connectivity index is 1.22. The highest BCUT2D eigenvalue weighted by atomic mass is 79.9. The minimum Gasteiger partial charge on any atom is -0.508 e. The largest absolute Gasteiger partial charge is 0.508 e. The molecule has 6 atom stereocenters. The van der Waals surface area contributed by atoms with Crippen molar-refractivity contribution in [1.29, 1.82) is 0 Å². The van der Waals surface area contributed by atoms with Crippen LogP contribution in [0.15, 0.2) is 88.6 Å². The first-order valence-electron chi connectivity index (χ1n) is 15.8. The van der Waals surface area contributed by atoms with E-state index in [0.29, 0.717) is 33.8 Å². The molecule has 3 aromatic rings. The van der Waals surface area contributed by atoms with Crippen LogP contribution in [0.2, 0.25) is 0 Å². The van der Waals surface area contributed by atoms with Crippen LogP contribution in [0.3, 0.4) is 0 Å².